The van der Waals surface area contributed by atoms with Gasteiger partial charge in [0.05, 0.1) is 19.4 Å². The zero-order valence-corrected chi connectivity index (χ0v) is 9.40. The summed E-state index contributed by atoms with van der Waals surface area (Å²) in [5, 5.41) is 0. The van der Waals surface area contributed by atoms with Crippen molar-refractivity contribution in [1.82, 2.24) is 15.0 Å². The third-order valence-electron chi connectivity index (χ3n) is 3.34. The molecule has 2 aromatic heterocycles. The molecule has 0 bridgehead atoms. The lowest BCUT2D eigenvalue weighted by Gasteiger charge is -2.26. The van der Waals surface area contributed by atoms with Gasteiger partial charge in [0.1, 0.15) is 0 Å². The average molecular weight is 218 g/mol. The Morgan fingerprint density at radius 3 is 3.00 bits per heavy atom. The summed E-state index contributed by atoms with van der Waals surface area (Å²) in [6, 6.07) is 0. The third-order valence-corrected chi connectivity index (χ3v) is 3.34. The summed E-state index contributed by atoms with van der Waals surface area (Å²) in [5.41, 5.74) is 1.80. The van der Waals surface area contributed by atoms with Gasteiger partial charge < -0.3 is 4.98 Å². The maximum atomic E-state index is 4.19. The second kappa shape index (κ2) is 3.73. The fraction of sp³-hybridized carbons (Fsp3) is 0.545. The van der Waals surface area contributed by atoms with Crippen LogP contribution in [0.5, 0.6) is 0 Å². The molecule has 0 radical (unpaired) electrons. The molecule has 3 rings (SSSR count). The van der Waals surface area contributed by atoms with Crippen LogP contribution < -0.4 is 9.88 Å². The molecule has 0 amide bonds. The van der Waals surface area contributed by atoms with Gasteiger partial charge in [-0.25, -0.2) is 9.97 Å². The van der Waals surface area contributed by atoms with Gasteiger partial charge in [0.15, 0.2) is 5.52 Å². The summed E-state index contributed by atoms with van der Waals surface area (Å²) in [5.74, 6) is 1.96. The largest absolute Gasteiger partial charge is 0.336 e. The second-order valence-electron chi connectivity index (χ2n) is 4.52. The van der Waals surface area contributed by atoms with E-state index >= 15 is 0 Å². The zero-order valence-electron chi connectivity index (χ0n) is 9.40. The van der Waals surface area contributed by atoms with E-state index in [-0.39, 0.29) is 0 Å². The molecule has 0 unspecified atom stereocenters. The van der Waals surface area contributed by atoms with Crippen molar-refractivity contribution in [3.05, 3.63) is 12.7 Å². The number of aromatic amines is 2. The number of anilines is 1. The first-order valence-electron chi connectivity index (χ1n) is 5.79. The third kappa shape index (κ3) is 1.52. The van der Waals surface area contributed by atoms with Gasteiger partial charge >= 0.3 is 0 Å². The van der Waals surface area contributed by atoms with Crippen LogP contribution in [0.15, 0.2) is 12.7 Å². The first kappa shape index (κ1) is 9.57. The molecule has 2 N–H and O–H groups in total. The highest BCUT2D eigenvalue weighted by molar-refractivity contribution is 5.80. The smallest absolute Gasteiger partial charge is 0.260 e. The number of nitrogens with one attached hydrogen (secondary N) is 2. The van der Waals surface area contributed by atoms with Crippen LogP contribution >= 0.6 is 0 Å². The number of H-pyrrole nitrogens is 2. The predicted octanol–water partition coefficient (Wildman–Crippen LogP) is 1.01. The molecule has 2 aromatic rings. The lowest BCUT2D eigenvalue weighted by molar-refractivity contribution is -0.367. The molecule has 1 saturated heterocycles. The van der Waals surface area contributed by atoms with Gasteiger partial charge in [0.2, 0.25) is 6.33 Å². The Morgan fingerprint density at radius 1 is 1.38 bits per heavy atom. The van der Waals surface area contributed by atoms with Crippen molar-refractivity contribution >= 4 is 17.0 Å². The minimum absolute atomic E-state index is 0.785. The van der Waals surface area contributed by atoms with Gasteiger partial charge in [-0.15, -0.1) is 0 Å². The van der Waals surface area contributed by atoms with Gasteiger partial charge in [-0.05, 0) is 18.8 Å². The van der Waals surface area contributed by atoms with Crippen LogP contribution in [0.4, 0.5) is 5.82 Å². The molecule has 0 saturated carbocycles. The molecule has 0 aromatic carbocycles. The SMILES string of the molecule is CC1CCN(c2[nH+]cnc3nc[nH]c23)CC1. The van der Waals surface area contributed by atoms with Crippen LogP contribution in [-0.2, 0) is 0 Å². The van der Waals surface area contributed by atoms with Crippen molar-refractivity contribution < 1.29 is 4.98 Å². The number of hydrogen-bond acceptors (Lipinski definition) is 3. The van der Waals surface area contributed by atoms with Crippen molar-refractivity contribution in [3.63, 3.8) is 0 Å². The van der Waals surface area contributed by atoms with Crippen LogP contribution in [-0.4, -0.2) is 28.0 Å². The van der Waals surface area contributed by atoms with Crippen LogP contribution in [0.25, 0.3) is 11.2 Å². The molecular formula is C11H16N5+. The Labute approximate surface area is 93.9 Å². The van der Waals surface area contributed by atoms with Gasteiger partial charge in [0.25, 0.3) is 11.5 Å². The van der Waals surface area contributed by atoms with Gasteiger partial charge in [-0.3, -0.25) is 4.90 Å². The Morgan fingerprint density at radius 2 is 2.19 bits per heavy atom. The number of aromatic nitrogens is 4. The van der Waals surface area contributed by atoms with Crippen molar-refractivity contribution in [1.29, 1.82) is 0 Å². The number of imidazole rings is 1. The molecule has 1 fully saturated rings. The molecule has 5 heteroatoms. The minimum atomic E-state index is 0.785. The summed E-state index contributed by atoms with van der Waals surface area (Å²) >= 11 is 0. The summed E-state index contributed by atoms with van der Waals surface area (Å²) < 4.78 is 0. The van der Waals surface area contributed by atoms with E-state index in [9.17, 15) is 0 Å². The first-order chi connectivity index (χ1) is 7.84. The van der Waals surface area contributed by atoms with Crippen LogP contribution in [0, 0.1) is 5.92 Å². The predicted molar refractivity (Wildman–Crippen MR) is 61.1 cm³/mol. The number of piperidine rings is 1. The molecule has 0 spiro atoms. The van der Waals surface area contributed by atoms with E-state index in [2.05, 4.69) is 31.8 Å². The topological polar surface area (TPSA) is 59.0 Å². The zero-order chi connectivity index (χ0) is 11.0. The second-order valence-corrected chi connectivity index (χ2v) is 4.52. The fourth-order valence-electron chi connectivity index (χ4n) is 2.27. The molecule has 1 aliphatic heterocycles. The first-order valence-corrected chi connectivity index (χ1v) is 5.79. The lowest BCUT2D eigenvalue weighted by Crippen LogP contribution is -2.36. The lowest BCUT2D eigenvalue weighted by atomic mass is 9.99. The van der Waals surface area contributed by atoms with E-state index in [0.29, 0.717) is 0 Å². The molecule has 3 heterocycles. The molecular weight excluding hydrogens is 202 g/mol. The van der Waals surface area contributed by atoms with Crippen molar-refractivity contribution in [2.24, 2.45) is 5.92 Å². The van der Waals surface area contributed by atoms with Crippen molar-refractivity contribution in [2.75, 3.05) is 18.0 Å². The molecule has 16 heavy (non-hydrogen) atoms. The van der Waals surface area contributed by atoms with Gasteiger partial charge in [-0.1, -0.05) is 11.9 Å². The highest BCUT2D eigenvalue weighted by Gasteiger charge is 2.23. The summed E-state index contributed by atoms with van der Waals surface area (Å²) in [4.78, 5) is 17.1. The maximum Gasteiger partial charge on any atom is 0.260 e. The normalized spacial score (nSPS) is 18.2. The maximum absolute atomic E-state index is 4.19. The summed E-state index contributed by atoms with van der Waals surface area (Å²) in [6.45, 7) is 4.53. The van der Waals surface area contributed by atoms with Gasteiger partial charge in [0, 0.05) is 0 Å². The van der Waals surface area contributed by atoms with Crippen molar-refractivity contribution in [3.8, 4) is 0 Å². The highest BCUT2D eigenvalue weighted by atomic mass is 15.2. The average Bonchev–Trinajstić information content (AvgIpc) is 2.78. The van der Waals surface area contributed by atoms with Crippen LogP contribution in [0.1, 0.15) is 19.8 Å². The standard InChI is InChI=1S/C11H15N5/c1-8-2-4-16(5-3-8)11-9-10(13-6-12-9)14-7-15-11/h6-8H,2-5H2,1H3,(H,12,13,14,15)/p+1. The molecule has 84 valence electrons. The Kier molecular flexibility index (Phi) is 2.23. The molecule has 1 aliphatic rings. The summed E-state index contributed by atoms with van der Waals surface area (Å²) in [7, 11) is 0. The quantitative estimate of drug-likeness (QED) is 0.777. The fourth-order valence-corrected chi connectivity index (χ4v) is 2.27. The number of nitrogens with zero attached hydrogens (tertiary/aromatic N) is 3. The monoisotopic (exact) mass is 218 g/mol. The van der Waals surface area contributed by atoms with E-state index in [1.165, 1.54) is 12.8 Å². The van der Waals surface area contributed by atoms with E-state index in [4.69, 9.17) is 0 Å². The molecule has 0 aliphatic carbocycles. The molecule has 5 nitrogen and oxygen atoms in total. The number of fused-ring (bicyclic) bond motifs is 1. The van der Waals surface area contributed by atoms with E-state index in [1.54, 1.807) is 12.7 Å². The van der Waals surface area contributed by atoms with Crippen LogP contribution in [0.3, 0.4) is 0 Å². The number of rotatable bonds is 1. The molecule has 0 atom stereocenters. The van der Waals surface area contributed by atoms with Crippen molar-refractivity contribution in [2.45, 2.75) is 19.8 Å². The van der Waals surface area contributed by atoms with E-state index < -0.39 is 0 Å². The minimum Gasteiger partial charge on any atom is -0.336 e. The van der Waals surface area contributed by atoms with Crippen LogP contribution in [0.2, 0.25) is 0 Å². The highest BCUT2D eigenvalue weighted by Crippen LogP contribution is 2.23. The Balaban J connectivity index is 1.96. The Hall–Kier alpha value is -1.65. The summed E-state index contributed by atoms with van der Waals surface area (Å²) in [6.07, 6.45) is 5.93. The Bertz CT molecular complexity index is 484. The van der Waals surface area contributed by atoms with E-state index in [0.717, 1.165) is 36.0 Å². The number of hydrogen-bond donors (Lipinski definition) is 1. The van der Waals surface area contributed by atoms with E-state index in [1.807, 2.05) is 0 Å². The van der Waals surface area contributed by atoms with Gasteiger partial charge in [-0.2, -0.15) is 0 Å².